The summed E-state index contributed by atoms with van der Waals surface area (Å²) in [5.41, 5.74) is 2.86. The van der Waals surface area contributed by atoms with Crippen LogP contribution in [-0.4, -0.2) is 51.9 Å². The number of nitrogens with zero attached hydrogens (tertiary/aromatic N) is 3. The van der Waals surface area contributed by atoms with Gasteiger partial charge in [0.25, 0.3) is 5.91 Å². The first-order chi connectivity index (χ1) is 16.1. The highest BCUT2D eigenvalue weighted by Crippen LogP contribution is 2.33. The zero-order valence-corrected chi connectivity index (χ0v) is 19.4. The number of nitrogens with one attached hydrogen (secondary N) is 1. The topological polar surface area (TPSA) is 59.4 Å². The van der Waals surface area contributed by atoms with E-state index >= 15 is 0 Å². The number of carbonyl (C=O) groups is 1. The molecule has 2 bridgehead atoms. The van der Waals surface area contributed by atoms with E-state index in [0.29, 0.717) is 36.9 Å². The number of morpholine rings is 1. The smallest absolute Gasteiger partial charge is 0.272 e. The van der Waals surface area contributed by atoms with E-state index < -0.39 is 0 Å². The molecule has 1 aromatic heterocycles. The summed E-state index contributed by atoms with van der Waals surface area (Å²) >= 11 is 6.05. The van der Waals surface area contributed by atoms with Gasteiger partial charge in [-0.1, -0.05) is 41.9 Å². The Labute approximate surface area is 198 Å². The second kappa shape index (κ2) is 8.75. The van der Waals surface area contributed by atoms with E-state index in [1.54, 1.807) is 0 Å². The van der Waals surface area contributed by atoms with Gasteiger partial charge in [0.15, 0.2) is 5.69 Å². The summed E-state index contributed by atoms with van der Waals surface area (Å²) in [6.07, 6.45) is 4.29. The van der Waals surface area contributed by atoms with Gasteiger partial charge in [0, 0.05) is 41.6 Å². The lowest BCUT2D eigenvalue weighted by molar-refractivity contribution is -0.0843. The fourth-order valence-corrected chi connectivity index (χ4v) is 5.53. The van der Waals surface area contributed by atoms with Crippen LogP contribution in [0.25, 0.3) is 10.9 Å². The van der Waals surface area contributed by atoms with Crippen LogP contribution in [0.1, 0.15) is 41.7 Å². The first kappa shape index (κ1) is 21.1. The molecular formula is C26H29ClN4O2. The largest absolute Gasteiger partial charge is 0.378 e. The van der Waals surface area contributed by atoms with Gasteiger partial charge in [-0.2, -0.15) is 5.10 Å². The minimum absolute atomic E-state index is 0.0594. The summed E-state index contributed by atoms with van der Waals surface area (Å²) in [4.78, 5) is 15.9. The normalized spacial score (nSPS) is 25.3. The molecule has 2 aliphatic heterocycles. The fraction of sp³-hybridized carbons (Fsp3) is 0.462. The summed E-state index contributed by atoms with van der Waals surface area (Å²) < 4.78 is 7.90. The van der Waals surface area contributed by atoms with Gasteiger partial charge in [-0.15, -0.1) is 0 Å². The fourth-order valence-electron chi connectivity index (χ4n) is 5.40. The summed E-state index contributed by atoms with van der Waals surface area (Å²) in [6, 6.07) is 16.9. The molecule has 3 heterocycles. The van der Waals surface area contributed by atoms with Crippen molar-refractivity contribution < 1.29 is 9.53 Å². The van der Waals surface area contributed by atoms with E-state index in [-0.39, 0.29) is 11.9 Å². The molecule has 2 saturated heterocycles. The third-order valence-corrected chi connectivity index (χ3v) is 7.54. The third-order valence-electron chi connectivity index (χ3n) is 7.29. The average molecular weight is 465 g/mol. The molecule has 172 valence electrons. The van der Waals surface area contributed by atoms with E-state index in [1.807, 2.05) is 35.0 Å². The average Bonchev–Trinajstić information content (AvgIpc) is 3.55. The van der Waals surface area contributed by atoms with Crippen molar-refractivity contribution in [3.8, 4) is 0 Å². The Kier molecular flexibility index (Phi) is 5.60. The Morgan fingerprint density at radius 1 is 1.06 bits per heavy atom. The molecule has 3 atom stereocenters. The molecule has 33 heavy (non-hydrogen) atoms. The predicted molar refractivity (Wildman–Crippen MR) is 128 cm³/mol. The first-order valence-electron chi connectivity index (χ1n) is 12.0. The summed E-state index contributed by atoms with van der Waals surface area (Å²) in [5.74, 6) is 0.643. The second-order valence-corrected chi connectivity index (χ2v) is 10.2. The predicted octanol–water partition coefficient (Wildman–Crippen LogP) is 4.26. The number of para-hydroxylation sites is 1. The quantitative estimate of drug-likeness (QED) is 0.592. The number of carbonyl (C=O) groups excluding carboxylic acids is 1. The van der Waals surface area contributed by atoms with Crippen LogP contribution in [0.5, 0.6) is 0 Å². The summed E-state index contributed by atoms with van der Waals surface area (Å²) in [6.45, 7) is 3.19. The Morgan fingerprint density at radius 3 is 2.52 bits per heavy atom. The maximum atomic E-state index is 13.3. The molecule has 3 fully saturated rings. The van der Waals surface area contributed by atoms with Gasteiger partial charge in [-0.3, -0.25) is 14.4 Å². The third kappa shape index (κ3) is 4.39. The van der Waals surface area contributed by atoms with Crippen LogP contribution >= 0.6 is 11.6 Å². The van der Waals surface area contributed by atoms with Crippen molar-refractivity contribution in [1.82, 2.24) is 20.0 Å². The maximum absolute atomic E-state index is 13.3. The molecule has 2 aromatic carbocycles. The van der Waals surface area contributed by atoms with Crippen molar-refractivity contribution in [3.05, 3.63) is 64.8 Å². The monoisotopic (exact) mass is 464 g/mol. The van der Waals surface area contributed by atoms with E-state index in [4.69, 9.17) is 21.4 Å². The minimum Gasteiger partial charge on any atom is -0.378 e. The summed E-state index contributed by atoms with van der Waals surface area (Å²) in [7, 11) is 0. The van der Waals surface area contributed by atoms with E-state index in [1.165, 1.54) is 18.4 Å². The molecule has 0 spiro atoms. The lowest BCUT2D eigenvalue weighted by atomic mass is 9.89. The van der Waals surface area contributed by atoms with Crippen molar-refractivity contribution >= 4 is 28.4 Å². The van der Waals surface area contributed by atoms with Crippen molar-refractivity contribution in [2.45, 2.75) is 56.9 Å². The number of amides is 1. The number of piperidine rings is 1. The Balaban J connectivity index is 1.17. The molecule has 0 radical (unpaired) electrons. The highest BCUT2D eigenvalue weighted by Gasteiger charge is 2.39. The molecule has 6 rings (SSSR count). The van der Waals surface area contributed by atoms with Gasteiger partial charge >= 0.3 is 0 Å². The van der Waals surface area contributed by atoms with Gasteiger partial charge in [0.1, 0.15) is 0 Å². The minimum atomic E-state index is -0.0594. The Hall–Kier alpha value is -2.41. The van der Waals surface area contributed by atoms with Crippen LogP contribution in [0.2, 0.25) is 5.02 Å². The number of hydrogen-bond donors (Lipinski definition) is 1. The lowest BCUT2D eigenvalue weighted by Gasteiger charge is -2.48. The van der Waals surface area contributed by atoms with Gasteiger partial charge in [-0.25, -0.2) is 0 Å². The molecule has 3 aliphatic rings. The number of aromatic nitrogens is 2. The lowest BCUT2D eigenvalue weighted by Crippen LogP contribution is -2.60. The molecule has 1 aliphatic carbocycles. The van der Waals surface area contributed by atoms with Gasteiger partial charge in [0.2, 0.25) is 0 Å². The molecular weight excluding hydrogens is 436 g/mol. The van der Waals surface area contributed by atoms with Gasteiger partial charge in [0.05, 0.1) is 18.7 Å². The van der Waals surface area contributed by atoms with E-state index in [0.717, 1.165) is 41.9 Å². The van der Waals surface area contributed by atoms with Crippen LogP contribution in [0.15, 0.2) is 48.5 Å². The van der Waals surface area contributed by atoms with Crippen molar-refractivity contribution in [2.75, 3.05) is 13.2 Å². The van der Waals surface area contributed by atoms with Crippen LogP contribution < -0.4 is 5.32 Å². The first-order valence-corrected chi connectivity index (χ1v) is 12.4. The van der Waals surface area contributed by atoms with E-state index in [9.17, 15) is 4.79 Å². The number of fused-ring (bicyclic) bond motifs is 3. The Morgan fingerprint density at radius 2 is 1.79 bits per heavy atom. The van der Waals surface area contributed by atoms with E-state index in [2.05, 4.69) is 28.4 Å². The van der Waals surface area contributed by atoms with Crippen molar-refractivity contribution in [2.24, 2.45) is 5.92 Å². The molecule has 1 amide bonds. The highest BCUT2D eigenvalue weighted by molar-refractivity contribution is 6.30. The summed E-state index contributed by atoms with van der Waals surface area (Å²) in [5, 5.41) is 9.76. The number of halogens is 1. The Bertz CT molecular complexity index is 1140. The molecule has 3 aromatic rings. The zero-order chi connectivity index (χ0) is 22.4. The highest BCUT2D eigenvalue weighted by atomic mass is 35.5. The molecule has 6 nitrogen and oxygen atoms in total. The number of rotatable bonds is 6. The standard InChI is InChI=1S/C26H29ClN4O2/c27-19-9-7-17(8-10-19)13-30-21-11-20(12-22(30)16-33-15-21)28-26(32)25-23-3-1-2-4-24(23)31(29-25)14-18-5-6-18/h1-4,7-10,18,20-22H,5-6,11-16H2,(H,28,32)/t20-,21-,22+. The van der Waals surface area contributed by atoms with Crippen LogP contribution in [0, 0.1) is 5.92 Å². The maximum Gasteiger partial charge on any atom is 0.272 e. The molecule has 0 unspecified atom stereocenters. The molecule has 1 N–H and O–H groups in total. The van der Waals surface area contributed by atoms with Gasteiger partial charge < -0.3 is 10.1 Å². The number of ether oxygens (including phenoxy) is 1. The zero-order valence-electron chi connectivity index (χ0n) is 18.6. The molecule has 7 heteroatoms. The van der Waals surface area contributed by atoms with Crippen molar-refractivity contribution in [1.29, 1.82) is 0 Å². The van der Waals surface area contributed by atoms with Gasteiger partial charge in [-0.05, 0) is 55.4 Å². The van der Waals surface area contributed by atoms with Crippen molar-refractivity contribution in [3.63, 3.8) is 0 Å². The number of hydrogen-bond acceptors (Lipinski definition) is 4. The number of benzene rings is 2. The second-order valence-electron chi connectivity index (χ2n) is 9.78. The SMILES string of the molecule is O=C(N[C@H]1C[C@H]2COC[C@@H](C1)N2Cc1ccc(Cl)cc1)c1nn(CC2CC2)c2ccccc12. The van der Waals surface area contributed by atoms with Crippen LogP contribution in [0.3, 0.4) is 0 Å². The van der Waals surface area contributed by atoms with Crippen LogP contribution in [0.4, 0.5) is 0 Å². The van der Waals surface area contributed by atoms with Crippen LogP contribution in [-0.2, 0) is 17.8 Å². The molecule has 1 saturated carbocycles.